The van der Waals surface area contributed by atoms with Crippen LogP contribution in [0.1, 0.15) is 130 Å². The Balaban J connectivity index is 0.000000154. The maximum Gasteiger partial charge on any atom is 0.308 e. The highest BCUT2D eigenvalue weighted by molar-refractivity contribution is 6.64. The second kappa shape index (κ2) is 13.6. The monoisotopic (exact) mass is 564 g/mol. The van der Waals surface area contributed by atoms with E-state index in [1.807, 2.05) is 0 Å². The van der Waals surface area contributed by atoms with E-state index in [9.17, 15) is 14.7 Å². The zero-order chi connectivity index (χ0) is 28.2. The molecule has 0 aromatic rings. The molecule has 224 valence electrons. The van der Waals surface area contributed by atoms with E-state index in [0.29, 0.717) is 18.6 Å². The maximum atomic E-state index is 11.6. The van der Waals surface area contributed by atoms with Crippen LogP contribution >= 0.6 is 11.6 Å². The smallest absolute Gasteiger partial charge is 0.308 e. The Bertz CT molecular complexity index is 805. The Labute approximate surface area is 243 Å². The second-order valence-corrected chi connectivity index (χ2v) is 15.4. The first kappa shape index (κ1) is 31.3. The Morgan fingerprint density at radius 3 is 1.54 bits per heavy atom. The Hall–Kier alpha value is -0.610. The minimum atomic E-state index is -0.157. The van der Waals surface area contributed by atoms with Gasteiger partial charge in [-0.2, -0.15) is 0 Å². The highest BCUT2D eigenvalue weighted by Gasteiger charge is 2.55. The Morgan fingerprint density at radius 1 is 0.744 bits per heavy atom. The molecule has 0 radical (unpaired) electrons. The van der Waals surface area contributed by atoms with Crippen LogP contribution in [0.25, 0.3) is 0 Å². The van der Waals surface area contributed by atoms with Crippen LogP contribution in [-0.2, 0) is 14.3 Å². The molecular formula is C34H57ClO4. The van der Waals surface area contributed by atoms with Gasteiger partial charge in [0, 0.05) is 17.9 Å². The van der Waals surface area contributed by atoms with E-state index in [4.69, 9.17) is 16.3 Å². The van der Waals surface area contributed by atoms with Gasteiger partial charge in [0.15, 0.2) is 0 Å². The fraction of sp³-hybridized carbons (Fsp3) is 0.941. The third kappa shape index (κ3) is 8.94. The number of carbonyl (C=O) groups excluding carboxylic acids is 2. The lowest BCUT2D eigenvalue weighted by Gasteiger charge is -2.29. The number of aliphatic hydroxyl groups excluding tert-OH is 1. The second-order valence-electron chi connectivity index (χ2n) is 15.1. The number of rotatable bonds is 9. The van der Waals surface area contributed by atoms with Crippen LogP contribution in [-0.4, -0.2) is 29.5 Å². The highest BCUT2D eigenvalue weighted by Crippen LogP contribution is 2.60. The summed E-state index contributed by atoms with van der Waals surface area (Å²) >= 11 is 5.04. The lowest BCUT2D eigenvalue weighted by Crippen LogP contribution is -2.22. The molecule has 0 spiro atoms. The Kier molecular flexibility index (Phi) is 10.9. The van der Waals surface area contributed by atoms with Gasteiger partial charge in [0.05, 0.1) is 12.5 Å². The minimum absolute atomic E-state index is 0.0668. The SMILES string of the molecule is C[C@H](C1CCCCC1)[C@@H]1C[C@@]1(C)CO.C[C@H](C1CCCCC1)[C@@H]1C[C@@]1(C)COC(=O)C1CC1.O=C(Cl)C1CC1. The molecule has 0 unspecified atom stereocenters. The molecule has 0 aromatic heterocycles. The molecule has 6 aliphatic carbocycles. The molecule has 6 aliphatic rings. The van der Waals surface area contributed by atoms with E-state index in [1.165, 1.54) is 77.0 Å². The summed E-state index contributed by atoms with van der Waals surface area (Å²) in [6.07, 6.45) is 21.0. The zero-order valence-corrected chi connectivity index (χ0v) is 26.2. The third-order valence-electron chi connectivity index (χ3n) is 11.6. The van der Waals surface area contributed by atoms with Gasteiger partial charge in [0.2, 0.25) is 5.24 Å². The quantitative estimate of drug-likeness (QED) is 0.225. The number of halogens is 1. The standard InChI is InChI=1S/C17H28O2.C13H24O.C4H5ClO/c1-12(13-6-4-3-5-7-13)15-10-17(15,2)11-19-16(18)14-8-9-14;1-10(11-6-4-3-5-7-11)12-8-13(12,2)9-14;5-4(6)3-1-2-3/h12-15H,3-11H2,1-2H3;10-12,14H,3-9H2,1-2H3;3H,1-2H2/t12-,15+,17+;10-,12+,13+;/m11./s1. The van der Waals surface area contributed by atoms with Crippen molar-refractivity contribution in [3.8, 4) is 0 Å². The number of carbonyl (C=O) groups is 2. The van der Waals surface area contributed by atoms with Crippen LogP contribution in [0.3, 0.4) is 0 Å². The van der Waals surface area contributed by atoms with Crippen LogP contribution in [0.2, 0.25) is 0 Å². The molecule has 0 aromatic carbocycles. The molecule has 39 heavy (non-hydrogen) atoms. The number of aliphatic hydroxyl groups is 1. The summed E-state index contributed by atoms with van der Waals surface area (Å²) in [6.45, 7) is 10.5. The van der Waals surface area contributed by atoms with Gasteiger partial charge in [-0.3, -0.25) is 9.59 Å². The van der Waals surface area contributed by atoms with Crippen molar-refractivity contribution < 1.29 is 19.4 Å². The average molecular weight is 565 g/mol. The number of hydrogen-bond donors (Lipinski definition) is 1. The first-order valence-electron chi connectivity index (χ1n) is 16.5. The lowest BCUT2D eigenvalue weighted by atomic mass is 9.77. The van der Waals surface area contributed by atoms with Gasteiger partial charge in [0.25, 0.3) is 0 Å². The number of ether oxygens (including phenoxy) is 1. The van der Waals surface area contributed by atoms with Crippen molar-refractivity contribution in [2.24, 2.45) is 58.2 Å². The average Bonchev–Trinajstić information content (AvgIpc) is 3.78. The van der Waals surface area contributed by atoms with Crippen LogP contribution in [0.15, 0.2) is 0 Å². The fourth-order valence-corrected chi connectivity index (χ4v) is 8.05. The van der Waals surface area contributed by atoms with Crippen molar-refractivity contribution in [2.75, 3.05) is 13.2 Å². The number of hydrogen-bond acceptors (Lipinski definition) is 4. The summed E-state index contributed by atoms with van der Waals surface area (Å²) in [5.41, 5.74) is 0.582. The summed E-state index contributed by atoms with van der Waals surface area (Å²) in [7, 11) is 0. The van der Waals surface area contributed by atoms with Gasteiger partial charge in [-0.1, -0.05) is 91.9 Å². The van der Waals surface area contributed by atoms with Crippen molar-refractivity contribution in [3.63, 3.8) is 0 Å². The molecular weight excluding hydrogens is 508 g/mol. The molecule has 0 aliphatic heterocycles. The minimum Gasteiger partial charge on any atom is -0.465 e. The molecule has 0 bridgehead atoms. The molecule has 0 heterocycles. The van der Waals surface area contributed by atoms with E-state index in [0.717, 1.165) is 61.2 Å². The van der Waals surface area contributed by atoms with E-state index in [2.05, 4.69) is 27.7 Å². The van der Waals surface area contributed by atoms with Crippen molar-refractivity contribution >= 4 is 22.8 Å². The van der Waals surface area contributed by atoms with Gasteiger partial charge in [0.1, 0.15) is 0 Å². The fourth-order valence-electron chi connectivity index (χ4n) is 7.84. The molecule has 6 saturated carbocycles. The molecule has 4 nitrogen and oxygen atoms in total. The van der Waals surface area contributed by atoms with E-state index < -0.39 is 0 Å². The van der Waals surface area contributed by atoms with Gasteiger partial charge >= 0.3 is 5.97 Å². The topological polar surface area (TPSA) is 63.6 Å². The van der Waals surface area contributed by atoms with Crippen LogP contribution < -0.4 is 0 Å². The Morgan fingerprint density at radius 2 is 1.18 bits per heavy atom. The summed E-state index contributed by atoms with van der Waals surface area (Å²) in [5.74, 6) is 5.72. The summed E-state index contributed by atoms with van der Waals surface area (Å²) in [6, 6.07) is 0. The van der Waals surface area contributed by atoms with Crippen LogP contribution in [0, 0.1) is 58.2 Å². The van der Waals surface area contributed by atoms with Crippen molar-refractivity contribution in [3.05, 3.63) is 0 Å². The van der Waals surface area contributed by atoms with Gasteiger partial charge in [-0.25, -0.2) is 0 Å². The molecule has 1 N–H and O–H groups in total. The lowest BCUT2D eigenvalue weighted by molar-refractivity contribution is -0.147. The van der Waals surface area contributed by atoms with Gasteiger partial charge in [-0.05, 0) is 91.0 Å². The maximum absolute atomic E-state index is 11.6. The highest BCUT2D eigenvalue weighted by atomic mass is 35.5. The number of esters is 1. The molecule has 6 fully saturated rings. The van der Waals surface area contributed by atoms with Crippen molar-refractivity contribution in [1.29, 1.82) is 0 Å². The van der Waals surface area contributed by atoms with E-state index in [-0.39, 0.29) is 28.5 Å². The predicted octanol–water partition coefficient (Wildman–Crippen LogP) is 8.57. The van der Waals surface area contributed by atoms with Crippen LogP contribution in [0.5, 0.6) is 0 Å². The first-order valence-corrected chi connectivity index (χ1v) is 16.9. The predicted molar refractivity (Wildman–Crippen MR) is 158 cm³/mol. The summed E-state index contributed by atoms with van der Waals surface area (Å²) in [5, 5.41) is 9.13. The van der Waals surface area contributed by atoms with Crippen LogP contribution in [0.4, 0.5) is 0 Å². The normalized spacial score (nSPS) is 35.8. The molecule has 5 heteroatoms. The van der Waals surface area contributed by atoms with E-state index in [1.54, 1.807) is 0 Å². The molecule has 6 atom stereocenters. The van der Waals surface area contributed by atoms with Gasteiger partial charge in [-0.15, -0.1) is 0 Å². The van der Waals surface area contributed by atoms with Gasteiger partial charge < -0.3 is 9.84 Å². The van der Waals surface area contributed by atoms with E-state index >= 15 is 0 Å². The summed E-state index contributed by atoms with van der Waals surface area (Å²) in [4.78, 5) is 21.6. The summed E-state index contributed by atoms with van der Waals surface area (Å²) < 4.78 is 5.52. The molecule has 0 amide bonds. The largest absolute Gasteiger partial charge is 0.465 e. The first-order chi connectivity index (χ1) is 18.6. The van der Waals surface area contributed by atoms with Crippen molar-refractivity contribution in [1.82, 2.24) is 0 Å². The zero-order valence-electron chi connectivity index (χ0n) is 25.4. The third-order valence-corrected chi connectivity index (χ3v) is 11.9. The molecule has 6 rings (SSSR count). The van der Waals surface area contributed by atoms with Crippen molar-refractivity contribution in [2.45, 2.75) is 130 Å². The molecule has 0 saturated heterocycles.